The highest BCUT2D eigenvalue weighted by Crippen LogP contribution is 2.27. The van der Waals surface area contributed by atoms with Crippen LogP contribution in [0.1, 0.15) is 58.3 Å². The third-order valence-electron chi connectivity index (χ3n) is 3.66. The molecule has 0 spiro atoms. The van der Waals surface area contributed by atoms with Crippen LogP contribution < -0.4 is 0 Å². The van der Waals surface area contributed by atoms with Crippen molar-refractivity contribution in [3.8, 4) is 0 Å². The van der Waals surface area contributed by atoms with E-state index in [0.717, 1.165) is 25.8 Å². The van der Waals surface area contributed by atoms with Crippen molar-refractivity contribution in [3.05, 3.63) is 0 Å². The standard InChI is InChI=1S/C14H27NO2/c1-3-4-5-6-7-8-14(17)15(2)11-12-9-13(16)10-12/h12-13,16H,3-11H2,1-2H3. The Morgan fingerprint density at radius 2 is 1.88 bits per heavy atom. The van der Waals surface area contributed by atoms with Crippen molar-refractivity contribution in [2.24, 2.45) is 5.92 Å². The summed E-state index contributed by atoms with van der Waals surface area (Å²) in [6.45, 7) is 3.02. The summed E-state index contributed by atoms with van der Waals surface area (Å²) in [6, 6.07) is 0. The maximum atomic E-state index is 11.8. The number of aliphatic hydroxyl groups excluding tert-OH is 1. The molecule has 0 unspecified atom stereocenters. The molecule has 100 valence electrons. The fourth-order valence-corrected chi connectivity index (χ4v) is 2.41. The molecule has 1 aliphatic rings. The minimum atomic E-state index is -0.113. The Labute approximate surface area is 105 Å². The number of aliphatic hydroxyl groups is 1. The Morgan fingerprint density at radius 1 is 1.24 bits per heavy atom. The maximum absolute atomic E-state index is 11.8. The zero-order valence-electron chi connectivity index (χ0n) is 11.3. The van der Waals surface area contributed by atoms with Crippen molar-refractivity contribution in [1.29, 1.82) is 0 Å². The zero-order chi connectivity index (χ0) is 12.7. The number of hydrogen-bond acceptors (Lipinski definition) is 2. The molecule has 1 N–H and O–H groups in total. The lowest BCUT2D eigenvalue weighted by Gasteiger charge is -2.34. The molecule has 3 nitrogen and oxygen atoms in total. The molecule has 1 saturated carbocycles. The van der Waals surface area contributed by atoms with E-state index in [4.69, 9.17) is 0 Å². The lowest BCUT2D eigenvalue weighted by Crippen LogP contribution is -2.39. The Hall–Kier alpha value is -0.570. The largest absolute Gasteiger partial charge is 0.393 e. The molecule has 0 aliphatic heterocycles. The van der Waals surface area contributed by atoms with Crippen molar-refractivity contribution < 1.29 is 9.90 Å². The first-order valence-electron chi connectivity index (χ1n) is 7.05. The molecule has 0 aromatic heterocycles. The summed E-state index contributed by atoms with van der Waals surface area (Å²) in [6.07, 6.45) is 8.30. The Bertz CT molecular complexity index is 224. The third-order valence-corrected chi connectivity index (χ3v) is 3.66. The van der Waals surface area contributed by atoms with E-state index >= 15 is 0 Å². The first kappa shape index (κ1) is 14.5. The van der Waals surface area contributed by atoms with Crippen LogP contribution in [0.3, 0.4) is 0 Å². The molecule has 17 heavy (non-hydrogen) atoms. The van der Waals surface area contributed by atoms with E-state index in [9.17, 15) is 9.90 Å². The average molecular weight is 241 g/mol. The first-order valence-corrected chi connectivity index (χ1v) is 7.05. The topological polar surface area (TPSA) is 40.5 Å². The summed E-state index contributed by atoms with van der Waals surface area (Å²) >= 11 is 0. The average Bonchev–Trinajstić information content (AvgIpc) is 2.26. The molecule has 0 saturated heterocycles. The maximum Gasteiger partial charge on any atom is 0.222 e. The van der Waals surface area contributed by atoms with Crippen LogP contribution >= 0.6 is 0 Å². The number of amides is 1. The van der Waals surface area contributed by atoms with E-state index < -0.39 is 0 Å². The first-order chi connectivity index (χ1) is 8.13. The molecule has 0 heterocycles. The van der Waals surface area contributed by atoms with E-state index in [1.165, 1.54) is 25.7 Å². The highest BCUT2D eigenvalue weighted by molar-refractivity contribution is 5.75. The number of carbonyl (C=O) groups is 1. The summed E-state index contributed by atoms with van der Waals surface area (Å²) in [7, 11) is 1.89. The molecule has 0 radical (unpaired) electrons. The molecular weight excluding hydrogens is 214 g/mol. The van der Waals surface area contributed by atoms with Crippen LogP contribution in [0.25, 0.3) is 0 Å². The molecule has 1 fully saturated rings. The molecule has 1 rings (SSSR count). The van der Waals surface area contributed by atoms with Gasteiger partial charge in [0.1, 0.15) is 0 Å². The third kappa shape index (κ3) is 5.53. The zero-order valence-corrected chi connectivity index (χ0v) is 11.3. The quantitative estimate of drug-likeness (QED) is 0.664. The number of hydrogen-bond donors (Lipinski definition) is 1. The van der Waals surface area contributed by atoms with Crippen LogP contribution in [0.15, 0.2) is 0 Å². The van der Waals surface area contributed by atoms with Gasteiger partial charge in [-0.05, 0) is 25.2 Å². The van der Waals surface area contributed by atoms with E-state index in [2.05, 4.69) is 6.92 Å². The van der Waals surface area contributed by atoms with Gasteiger partial charge in [-0.25, -0.2) is 0 Å². The second-order valence-electron chi connectivity index (χ2n) is 5.43. The van der Waals surface area contributed by atoms with E-state index in [0.29, 0.717) is 12.3 Å². The van der Waals surface area contributed by atoms with Gasteiger partial charge in [-0.2, -0.15) is 0 Å². The minimum Gasteiger partial charge on any atom is -0.393 e. The van der Waals surface area contributed by atoms with E-state index in [1.807, 2.05) is 11.9 Å². The second kappa shape index (κ2) is 7.70. The highest BCUT2D eigenvalue weighted by Gasteiger charge is 2.28. The Morgan fingerprint density at radius 3 is 2.47 bits per heavy atom. The SMILES string of the molecule is CCCCCCCC(=O)N(C)CC1CC(O)C1. The summed E-state index contributed by atoms with van der Waals surface area (Å²) in [5.74, 6) is 0.793. The van der Waals surface area contributed by atoms with Crippen molar-refractivity contribution in [3.63, 3.8) is 0 Å². The highest BCUT2D eigenvalue weighted by atomic mass is 16.3. The minimum absolute atomic E-state index is 0.113. The number of unbranched alkanes of at least 4 members (excludes halogenated alkanes) is 4. The van der Waals surface area contributed by atoms with Gasteiger partial charge in [0.2, 0.25) is 5.91 Å². The lowest BCUT2D eigenvalue weighted by atomic mass is 9.82. The molecular formula is C14H27NO2. The van der Waals surface area contributed by atoms with Gasteiger partial charge >= 0.3 is 0 Å². The summed E-state index contributed by atoms with van der Waals surface area (Å²) < 4.78 is 0. The van der Waals surface area contributed by atoms with Gasteiger partial charge in [-0.15, -0.1) is 0 Å². The van der Waals surface area contributed by atoms with Crippen LogP contribution in [0.4, 0.5) is 0 Å². The van der Waals surface area contributed by atoms with Gasteiger partial charge in [0, 0.05) is 20.0 Å². The van der Waals surface area contributed by atoms with Gasteiger partial charge in [0.15, 0.2) is 0 Å². The second-order valence-corrected chi connectivity index (χ2v) is 5.43. The predicted molar refractivity (Wildman–Crippen MR) is 69.7 cm³/mol. The summed E-state index contributed by atoms with van der Waals surface area (Å²) in [4.78, 5) is 13.6. The number of rotatable bonds is 8. The van der Waals surface area contributed by atoms with Crippen molar-refractivity contribution in [1.82, 2.24) is 4.90 Å². The number of nitrogens with zero attached hydrogens (tertiary/aromatic N) is 1. The Kier molecular flexibility index (Phi) is 6.56. The fraction of sp³-hybridized carbons (Fsp3) is 0.929. The van der Waals surface area contributed by atoms with Crippen LogP contribution in [-0.4, -0.2) is 35.6 Å². The lowest BCUT2D eigenvalue weighted by molar-refractivity contribution is -0.131. The van der Waals surface area contributed by atoms with Gasteiger partial charge < -0.3 is 10.0 Å². The molecule has 0 aromatic carbocycles. The molecule has 3 heteroatoms. The van der Waals surface area contributed by atoms with E-state index in [-0.39, 0.29) is 12.0 Å². The molecule has 0 atom stereocenters. The number of carbonyl (C=O) groups excluding carboxylic acids is 1. The molecule has 1 aliphatic carbocycles. The smallest absolute Gasteiger partial charge is 0.222 e. The van der Waals surface area contributed by atoms with Crippen molar-refractivity contribution in [2.75, 3.05) is 13.6 Å². The van der Waals surface area contributed by atoms with Crippen molar-refractivity contribution in [2.45, 2.75) is 64.4 Å². The molecule has 0 bridgehead atoms. The van der Waals surface area contributed by atoms with Gasteiger partial charge in [0.05, 0.1) is 6.10 Å². The summed E-state index contributed by atoms with van der Waals surface area (Å²) in [5, 5.41) is 9.19. The van der Waals surface area contributed by atoms with Crippen molar-refractivity contribution >= 4 is 5.91 Å². The summed E-state index contributed by atoms with van der Waals surface area (Å²) in [5.41, 5.74) is 0. The van der Waals surface area contributed by atoms with Gasteiger partial charge in [0.25, 0.3) is 0 Å². The van der Waals surface area contributed by atoms with Crippen LogP contribution in [0.2, 0.25) is 0 Å². The van der Waals surface area contributed by atoms with Crippen LogP contribution in [-0.2, 0) is 4.79 Å². The molecule has 0 aromatic rings. The molecule has 1 amide bonds. The normalized spacial score (nSPS) is 23.2. The monoisotopic (exact) mass is 241 g/mol. The van der Waals surface area contributed by atoms with E-state index in [1.54, 1.807) is 0 Å². The fourth-order valence-electron chi connectivity index (χ4n) is 2.41. The predicted octanol–water partition coefficient (Wildman–Crippen LogP) is 2.58. The van der Waals surface area contributed by atoms with Gasteiger partial charge in [-0.3, -0.25) is 4.79 Å². The van der Waals surface area contributed by atoms with Gasteiger partial charge in [-0.1, -0.05) is 32.6 Å². The van der Waals surface area contributed by atoms with Crippen LogP contribution in [0, 0.1) is 5.92 Å². The Balaban J connectivity index is 2.02. The van der Waals surface area contributed by atoms with Crippen LogP contribution in [0.5, 0.6) is 0 Å².